The largest absolute Gasteiger partial charge is 0.457 e. The van der Waals surface area contributed by atoms with Crippen molar-refractivity contribution >= 4 is 11.4 Å². The molecule has 6 heteroatoms. The highest BCUT2D eigenvalue weighted by atomic mass is 19.1. The third-order valence-electron chi connectivity index (χ3n) is 4.64. The average molecular weight is 418 g/mol. The van der Waals surface area contributed by atoms with Gasteiger partial charge in [-0.15, -0.1) is 0 Å². The first-order chi connectivity index (χ1) is 15.0. The second kappa shape index (κ2) is 8.75. The van der Waals surface area contributed by atoms with Crippen molar-refractivity contribution in [3.63, 3.8) is 0 Å². The van der Waals surface area contributed by atoms with Gasteiger partial charge in [-0.1, -0.05) is 0 Å². The maximum atomic E-state index is 14.0. The van der Waals surface area contributed by atoms with E-state index in [1.165, 1.54) is 24.3 Å². The van der Waals surface area contributed by atoms with E-state index in [1.54, 1.807) is 60.7 Å². The molecule has 4 N–H and O–H groups in total. The summed E-state index contributed by atoms with van der Waals surface area (Å²) in [6.07, 6.45) is 0.199. The Morgan fingerprint density at radius 2 is 0.935 bits per heavy atom. The topological polar surface area (TPSA) is 70.5 Å². The van der Waals surface area contributed by atoms with E-state index in [2.05, 4.69) is 0 Å². The van der Waals surface area contributed by atoms with Crippen LogP contribution in [0.15, 0.2) is 84.9 Å². The minimum Gasteiger partial charge on any atom is -0.457 e. The van der Waals surface area contributed by atoms with Crippen molar-refractivity contribution in [1.29, 1.82) is 0 Å². The lowest BCUT2D eigenvalue weighted by Crippen LogP contribution is -1.98. The fourth-order valence-electron chi connectivity index (χ4n) is 3.10. The molecule has 0 bridgehead atoms. The highest BCUT2D eigenvalue weighted by molar-refractivity contribution is 5.48. The zero-order valence-corrected chi connectivity index (χ0v) is 16.5. The number of hydrogen-bond acceptors (Lipinski definition) is 4. The van der Waals surface area contributed by atoms with Gasteiger partial charge in [-0.2, -0.15) is 0 Å². The molecule has 0 spiro atoms. The molecule has 0 saturated heterocycles. The van der Waals surface area contributed by atoms with E-state index in [9.17, 15) is 8.78 Å². The molecule has 4 aromatic rings. The SMILES string of the molecule is Nc1ccc(Oc2ccc(F)cc2Cc2cc(F)ccc2Oc2ccc(N)cc2)cc1. The minimum atomic E-state index is -0.419. The number of nitrogen functional groups attached to an aromatic ring is 2. The van der Waals surface area contributed by atoms with Gasteiger partial charge in [0.25, 0.3) is 0 Å². The first-order valence-corrected chi connectivity index (χ1v) is 9.60. The number of anilines is 2. The highest BCUT2D eigenvalue weighted by Crippen LogP contribution is 2.33. The van der Waals surface area contributed by atoms with Gasteiger partial charge < -0.3 is 20.9 Å². The lowest BCUT2D eigenvalue weighted by Gasteiger charge is -2.15. The van der Waals surface area contributed by atoms with Crippen LogP contribution in [0.5, 0.6) is 23.0 Å². The van der Waals surface area contributed by atoms with Crippen LogP contribution in [-0.4, -0.2) is 0 Å². The summed E-state index contributed by atoms with van der Waals surface area (Å²) in [5, 5.41) is 0. The summed E-state index contributed by atoms with van der Waals surface area (Å²) >= 11 is 0. The number of benzene rings is 4. The number of rotatable bonds is 6. The molecule has 0 aliphatic carbocycles. The molecule has 4 nitrogen and oxygen atoms in total. The smallest absolute Gasteiger partial charge is 0.131 e. The first-order valence-electron chi connectivity index (χ1n) is 9.60. The fraction of sp³-hybridized carbons (Fsp3) is 0.0400. The zero-order valence-electron chi connectivity index (χ0n) is 16.5. The van der Waals surface area contributed by atoms with Crippen LogP contribution < -0.4 is 20.9 Å². The van der Waals surface area contributed by atoms with Crippen molar-refractivity contribution < 1.29 is 18.3 Å². The van der Waals surface area contributed by atoms with Gasteiger partial charge >= 0.3 is 0 Å². The van der Waals surface area contributed by atoms with Gasteiger partial charge in [-0.25, -0.2) is 8.78 Å². The summed E-state index contributed by atoms with van der Waals surface area (Å²) < 4.78 is 39.9. The molecule has 0 unspecified atom stereocenters. The van der Waals surface area contributed by atoms with E-state index in [0.717, 1.165) is 0 Å². The van der Waals surface area contributed by atoms with E-state index in [0.29, 0.717) is 45.5 Å². The summed E-state index contributed by atoms with van der Waals surface area (Å²) in [6.45, 7) is 0. The van der Waals surface area contributed by atoms with Crippen LogP contribution in [0.2, 0.25) is 0 Å². The molecular weight excluding hydrogens is 398 g/mol. The molecule has 0 aliphatic rings. The standard InChI is InChI=1S/C25H20F2N2O2/c26-18-1-11-24(30-22-7-3-20(28)4-8-22)16(14-18)13-17-15-19(27)2-12-25(17)31-23-9-5-21(29)6-10-23/h1-12,14-15H,13,28-29H2. The highest BCUT2D eigenvalue weighted by Gasteiger charge is 2.13. The van der Waals surface area contributed by atoms with Gasteiger partial charge in [-0.05, 0) is 84.9 Å². The van der Waals surface area contributed by atoms with Crippen LogP contribution in [0.1, 0.15) is 11.1 Å². The third-order valence-corrected chi connectivity index (χ3v) is 4.64. The molecular formula is C25H20F2N2O2. The molecule has 0 aliphatic heterocycles. The van der Waals surface area contributed by atoms with E-state index < -0.39 is 11.6 Å². The summed E-state index contributed by atoms with van der Waals surface area (Å²) in [7, 11) is 0. The van der Waals surface area contributed by atoms with Gasteiger partial charge in [0.1, 0.15) is 34.6 Å². The monoisotopic (exact) mass is 418 g/mol. The van der Waals surface area contributed by atoms with Crippen molar-refractivity contribution in [3.05, 3.63) is 108 Å². The number of nitrogens with two attached hydrogens (primary N) is 2. The predicted octanol–water partition coefficient (Wildman–Crippen LogP) is 6.30. The molecule has 0 heterocycles. The van der Waals surface area contributed by atoms with Gasteiger partial charge in [0.05, 0.1) is 0 Å². The summed E-state index contributed by atoms with van der Waals surface area (Å²) in [5.41, 5.74) is 13.7. The Morgan fingerprint density at radius 1 is 0.548 bits per heavy atom. The first kappa shape index (κ1) is 20.2. The average Bonchev–Trinajstić information content (AvgIpc) is 2.75. The molecule has 0 radical (unpaired) electrons. The van der Waals surface area contributed by atoms with Crippen molar-refractivity contribution in [2.24, 2.45) is 0 Å². The Kier molecular flexibility index (Phi) is 5.71. The Morgan fingerprint density at radius 3 is 1.32 bits per heavy atom. The molecule has 0 aromatic heterocycles. The minimum absolute atomic E-state index is 0.199. The summed E-state index contributed by atoms with van der Waals surface area (Å²) in [6, 6.07) is 22.2. The van der Waals surface area contributed by atoms with Crippen LogP contribution >= 0.6 is 0 Å². The van der Waals surface area contributed by atoms with Crippen molar-refractivity contribution in [2.75, 3.05) is 11.5 Å². The third kappa shape index (κ3) is 5.11. The van der Waals surface area contributed by atoms with E-state index in [1.807, 2.05) is 0 Å². The predicted molar refractivity (Wildman–Crippen MR) is 117 cm³/mol. The van der Waals surface area contributed by atoms with E-state index >= 15 is 0 Å². The maximum absolute atomic E-state index is 14.0. The second-order valence-electron chi connectivity index (χ2n) is 7.02. The normalized spacial score (nSPS) is 10.6. The van der Waals surface area contributed by atoms with Gasteiger partial charge in [0.15, 0.2) is 0 Å². The maximum Gasteiger partial charge on any atom is 0.131 e. The molecule has 4 rings (SSSR count). The fourth-order valence-corrected chi connectivity index (χ4v) is 3.10. The quantitative estimate of drug-likeness (QED) is 0.360. The number of ether oxygens (including phenoxy) is 2. The number of halogens is 2. The van der Waals surface area contributed by atoms with E-state index in [-0.39, 0.29) is 6.42 Å². The molecule has 0 fully saturated rings. The van der Waals surface area contributed by atoms with Gasteiger partial charge in [0.2, 0.25) is 0 Å². The zero-order chi connectivity index (χ0) is 21.8. The van der Waals surface area contributed by atoms with Crippen LogP contribution in [0, 0.1) is 11.6 Å². The molecule has 0 atom stereocenters. The van der Waals surface area contributed by atoms with Crippen LogP contribution in [-0.2, 0) is 6.42 Å². The van der Waals surface area contributed by atoms with Crippen molar-refractivity contribution in [2.45, 2.75) is 6.42 Å². The molecule has 156 valence electrons. The van der Waals surface area contributed by atoms with Crippen molar-refractivity contribution in [3.8, 4) is 23.0 Å². The van der Waals surface area contributed by atoms with Crippen LogP contribution in [0.25, 0.3) is 0 Å². The Labute approximate surface area is 178 Å². The lowest BCUT2D eigenvalue weighted by atomic mass is 10.0. The molecule has 4 aromatic carbocycles. The van der Waals surface area contributed by atoms with Crippen LogP contribution in [0.3, 0.4) is 0 Å². The molecule has 0 amide bonds. The lowest BCUT2D eigenvalue weighted by molar-refractivity contribution is 0.468. The Bertz CT molecular complexity index is 1100. The summed E-state index contributed by atoms with van der Waals surface area (Å²) in [4.78, 5) is 0. The Hall–Kier alpha value is -4.06. The Balaban J connectivity index is 1.65. The van der Waals surface area contributed by atoms with Gasteiger partial charge in [-0.3, -0.25) is 0 Å². The second-order valence-corrected chi connectivity index (χ2v) is 7.02. The molecule has 31 heavy (non-hydrogen) atoms. The van der Waals surface area contributed by atoms with Gasteiger partial charge in [0, 0.05) is 28.9 Å². The van der Waals surface area contributed by atoms with Crippen LogP contribution in [0.4, 0.5) is 20.2 Å². The number of hydrogen-bond donors (Lipinski definition) is 2. The molecule has 0 saturated carbocycles. The van der Waals surface area contributed by atoms with E-state index in [4.69, 9.17) is 20.9 Å². The van der Waals surface area contributed by atoms with Crippen molar-refractivity contribution in [1.82, 2.24) is 0 Å². The summed E-state index contributed by atoms with van der Waals surface area (Å²) in [5.74, 6) is 1.18.